The fourth-order valence-corrected chi connectivity index (χ4v) is 3.37. The predicted octanol–water partition coefficient (Wildman–Crippen LogP) is 1.96. The second-order valence-electron chi connectivity index (χ2n) is 7.46. The van der Waals surface area contributed by atoms with Crippen LogP contribution < -0.4 is 15.4 Å². The van der Waals surface area contributed by atoms with E-state index in [1.54, 1.807) is 7.11 Å². The van der Waals surface area contributed by atoms with Crippen molar-refractivity contribution >= 4 is 6.03 Å². The third-order valence-corrected chi connectivity index (χ3v) is 5.20. The smallest absolute Gasteiger partial charge is 0.315 e. The summed E-state index contributed by atoms with van der Waals surface area (Å²) in [6, 6.07) is 8.22. The first kappa shape index (κ1) is 18.0. The molecule has 0 aromatic heterocycles. The van der Waals surface area contributed by atoms with Crippen LogP contribution in [0, 0.1) is 0 Å². The van der Waals surface area contributed by atoms with Crippen molar-refractivity contribution in [1.82, 2.24) is 15.5 Å². The maximum Gasteiger partial charge on any atom is 0.315 e. The standard InChI is InChI=1S/C19H29N3O3/c1-19(2,22-8-10-25-11-9-22)13-20-18(23)21-17-12-16(17)14-4-6-15(24-3)7-5-14/h4-7,16-17H,8-13H2,1-3H3,(H2,20,21,23)/t16-,17+/m1/s1. The number of hydrogen-bond donors (Lipinski definition) is 2. The van der Waals surface area contributed by atoms with E-state index in [0.717, 1.165) is 38.5 Å². The van der Waals surface area contributed by atoms with Crippen molar-refractivity contribution in [3.05, 3.63) is 29.8 Å². The molecular formula is C19H29N3O3. The molecule has 1 aromatic carbocycles. The summed E-state index contributed by atoms with van der Waals surface area (Å²) in [5, 5.41) is 6.11. The molecule has 1 saturated carbocycles. The Kier molecular flexibility index (Phi) is 5.49. The quantitative estimate of drug-likeness (QED) is 0.826. The minimum absolute atomic E-state index is 0.0694. The van der Waals surface area contributed by atoms with E-state index in [1.165, 1.54) is 5.56 Å². The molecule has 25 heavy (non-hydrogen) atoms. The van der Waals surface area contributed by atoms with E-state index in [9.17, 15) is 4.79 Å². The largest absolute Gasteiger partial charge is 0.497 e. The maximum atomic E-state index is 12.2. The lowest BCUT2D eigenvalue weighted by Crippen LogP contribution is -2.56. The number of ether oxygens (including phenoxy) is 2. The fraction of sp³-hybridized carbons (Fsp3) is 0.632. The number of nitrogens with zero attached hydrogens (tertiary/aromatic N) is 1. The van der Waals surface area contributed by atoms with Gasteiger partial charge in [0.25, 0.3) is 0 Å². The molecule has 2 N–H and O–H groups in total. The Labute approximate surface area is 149 Å². The number of urea groups is 1. The van der Waals surface area contributed by atoms with Gasteiger partial charge in [-0.1, -0.05) is 12.1 Å². The van der Waals surface area contributed by atoms with Crippen LogP contribution in [-0.2, 0) is 4.74 Å². The topological polar surface area (TPSA) is 62.8 Å². The molecule has 3 rings (SSSR count). The molecule has 2 atom stereocenters. The molecular weight excluding hydrogens is 318 g/mol. The molecule has 2 amide bonds. The SMILES string of the molecule is COc1ccc([C@H]2C[C@@H]2NC(=O)NCC(C)(C)N2CCOCC2)cc1. The third-order valence-electron chi connectivity index (χ3n) is 5.20. The zero-order valence-electron chi connectivity index (χ0n) is 15.4. The summed E-state index contributed by atoms with van der Waals surface area (Å²) >= 11 is 0. The summed E-state index contributed by atoms with van der Waals surface area (Å²) in [4.78, 5) is 14.6. The van der Waals surface area contributed by atoms with Gasteiger partial charge in [-0.25, -0.2) is 4.79 Å². The summed E-state index contributed by atoms with van der Waals surface area (Å²) in [7, 11) is 1.67. The average Bonchev–Trinajstić information content (AvgIpc) is 3.40. The van der Waals surface area contributed by atoms with Crippen molar-refractivity contribution in [2.75, 3.05) is 40.0 Å². The molecule has 0 spiro atoms. The van der Waals surface area contributed by atoms with Crippen LogP contribution in [0.25, 0.3) is 0 Å². The molecule has 6 nitrogen and oxygen atoms in total. The highest BCUT2D eigenvalue weighted by molar-refractivity contribution is 5.75. The number of morpholine rings is 1. The molecule has 1 aliphatic carbocycles. The van der Waals surface area contributed by atoms with E-state index < -0.39 is 0 Å². The van der Waals surface area contributed by atoms with Gasteiger partial charge < -0.3 is 20.1 Å². The van der Waals surface area contributed by atoms with Gasteiger partial charge in [0, 0.05) is 37.1 Å². The van der Waals surface area contributed by atoms with Gasteiger partial charge in [0.2, 0.25) is 0 Å². The van der Waals surface area contributed by atoms with Crippen LogP contribution in [-0.4, -0.2) is 62.5 Å². The number of hydrogen-bond acceptors (Lipinski definition) is 4. The fourth-order valence-electron chi connectivity index (χ4n) is 3.37. The molecule has 1 aliphatic heterocycles. The van der Waals surface area contributed by atoms with Crippen LogP contribution >= 0.6 is 0 Å². The van der Waals surface area contributed by atoms with Crippen LogP contribution in [0.15, 0.2) is 24.3 Å². The van der Waals surface area contributed by atoms with Gasteiger partial charge in [-0.2, -0.15) is 0 Å². The molecule has 1 aromatic rings. The van der Waals surface area contributed by atoms with Gasteiger partial charge in [0.1, 0.15) is 5.75 Å². The van der Waals surface area contributed by atoms with E-state index in [0.29, 0.717) is 12.5 Å². The minimum Gasteiger partial charge on any atom is -0.497 e. The van der Waals surface area contributed by atoms with Crippen LogP contribution in [0.1, 0.15) is 31.7 Å². The van der Waals surface area contributed by atoms with Crippen LogP contribution in [0.3, 0.4) is 0 Å². The summed E-state index contributed by atoms with van der Waals surface area (Å²) in [5.74, 6) is 1.26. The Bertz CT molecular complexity index is 582. The number of rotatable bonds is 6. The van der Waals surface area contributed by atoms with Crippen LogP contribution in [0.4, 0.5) is 4.79 Å². The minimum atomic E-state index is -0.0812. The molecule has 138 valence electrons. The maximum absolute atomic E-state index is 12.2. The Morgan fingerprint density at radius 1 is 1.28 bits per heavy atom. The van der Waals surface area contributed by atoms with Crippen molar-refractivity contribution in [3.8, 4) is 5.75 Å². The number of benzene rings is 1. The van der Waals surface area contributed by atoms with Crippen LogP contribution in [0.5, 0.6) is 5.75 Å². The molecule has 6 heteroatoms. The van der Waals surface area contributed by atoms with Crippen molar-refractivity contribution in [1.29, 1.82) is 0 Å². The summed E-state index contributed by atoms with van der Waals surface area (Å²) in [5.41, 5.74) is 1.18. The Balaban J connectivity index is 1.42. The second kappa shape index (κ2) is 7.62. The number of nitrogens with one attached hydrogen (secondary N) is 2. The molecule has 1 heterocycles. The van der Waals surface area contributed by atoms with Gasteiger partial charge in [-0.15, -0.1) is 0 Å². The zero-order chi connectivity index (χ0) is 17.9. The van der Waals surface area contributed by atoms with Gasteiger partial charge >= 0.3 is 6.03 Å². The first-order chi connectivity index (χ1) is 12.0. The predicted molar refractivity (Wildman–Crippen MR) is 97.1 cm³/mol. The van der Waals surface area contributed by atoms with E-state index in [1.807, 2.05) is 12.1 Å². The summed E-state index contributed by atoms with van der Waals surface area (Å²) in [6.07, 6.45) is 0.993. The molecule has 0 unspecified atom stereocenters. The lowest BCUT2D eigenvalue weighted by molar-refractivity contribution is -0.00874. The second-order valence-corrected chi connectivity index (χ2v) is 7.46. The van der Waals surface area contributed by atoms with Crippen molar-refractivity contribution in [2.45, 2.75) is 37.8 Å². The third kappa shape index (κ3) is 4.64. The number of methoxy groups -OCH3 is 1. The van der Waals surface area contributed by atoms with E-state index in [2.05, 4.69) is 41.5 Å². The number of amides is 2. The highest BCUT2D eigenvalue weighted by Crippen LogP contribution is 2.41. The number of carbonyl (C=O) groups excluding carboxylic acids is 1. The van der Waals surface area contributed by atoms with Gasteiger partial charge in [-0.05, 0) is 38.0 Å². The van der Waals surface area contributed by atoms with E-state index in [-0.39, 0.29) is 17.6 Å². The highest BCUT2D eigenvalue weighted by Gasteiger charge is 2.39. The first-order valence-electron chi connectivity index (χ1n) is 9.01. The van der Waals surface area contributed by atoms with Gasteiger partial charge in [-0.3, -0.25) is 4.90 Å². The van der Waals surface area contributed by atoms with Crippen LogP contribution in [0.2, 0.25) is 0 Å². The molecule has 2 aliphatic rings. The normalized spacial score (nSPS) is 23.8. The summed E-state index contributed by atoms with van der Waals surface area (Å²) in [6.45, 7) is 8.31. The average molecular weight is 347 g/mol. The van der Waals surface area contributed by atoms with Gasteiger partial charge in [0.15, 0.2) is 0 Å². The monoisotopic (exact) mass is 347 g/mol. The van der Waals surface area contributed by atoms with E-state index >= 15 is 0 Å². The van der Waals surface area contributed by atoms with Crippen molar-refractivity contribution in [2.24, 2.45) is 0 Å². The Morgan fingerprint density at radius 3 is 2.60 bits per heavy atom. The molecule has 2 fully saturated rings. The Hall–Kier alpha value is -1.79. The molecule has 0 bridgehead atoms. The summed E-state index contributed by atoms with van der Waals surface area (Å²) < 4.78 is 10.6. The van der Waals surface area contributed by atoms with Crippen molar-refractivity contribution < 1.29 is 14.3 Å². The zero-order valence-corrected chi connectivity index (χ0v) is 15.4. The van der Waals surface area contributed by atoms with Gasteiger partial charge in [0.05, 0.1) is 20.3 Å². The highest BCUT2D eigenvalue weighted by atomic mass is 16.5. The molecule has 1 saturated heterocycles. The molecule has 0 radical (unpaired) electrons. The number of carbonyl (C=O) groups is 1. The van der Waals surface area contributed by atoms with E-state index in [4.69, 9.17) is 9.47 Å². The Morgan fingerprint density at radius 2 is 1.96 bits per heavy atom. The van der Waals surface area contributed by atoms with Crippen molar-refractivity contribution in [3.63, 3.8) is 0 Å². The lowest BCUT2D eigenvalue weighted by Gasteiger charge is -2.40. The lowest BCUT2D eigenvalue weighted by atomic mass is 10.0. The first-order valence-corrected chi connectivity index (χ1v) is 9.01.